The van der Waals surface area contributed by atoms with Crippen molar-refractivity contribution in [1.82, 2.24) is 4.98 Å². The number of oxime groups is 1. The van der Waals surface area contributed by atoms with Crippen molar-refractivity contribution in [3.05, 3.63) is 87.1 Å². The first kappa shape index (κ1) is 26.7. The van der Waals surface area contributed by atoms with E-state index in [4.69, 9.17) is 21.2 Å². The first-order valence-electron chi connectivity index (χ1n) is 9.78. The Morgan fingerprint density at radius 2 is 1.94 bits per heavy atom. The average Bonchev–Trinajstić information content (AvgIpc) is 2.80. The zero-order valence-electron chi connectivity index (χ0n) is 18.2. The lowest BCUT2D eigenvalue weighted by atomic mass is 10.1. The number of hydrogen-bond acceptors (Lipinski definition) is 8. The average molecular weight is 545 g/mol. The second-order valence-corrected chi connectivity index (χ2v) is 9.16. The fourth-order valence-electron chi connectivity index (χ4n) is 2.72. The van der Waals surface area contributed by atoms with E-state index in [-0.39, 0.29) is 40.2 Å². The number of ether oxygens (including phenoxy) is 1. The van der Waals surface area contributed by atoms with E-state index in [0.717, 1.165) is 12.3 Å². The molecule has 1 N–H and O–H groups in total. The monoisotopic (exact) mass is 544 g/mol. The number of aromatic nitrogens is 1. The highest BCUT2D eigenvalue weighted by molar-refractivity contribution is 7.93. The van der Waals surface area contributed by atoms with Crippen molar-refractivity contribution >= 4 is 38.7 Å². The summed E-state index contributed by atoms with van der Waals surface area (Å²) >= 11 is 5.91. The summed E-state index contributed by atoms with van der Waals surface area (Å²) < 4.78 is 68.3. The van der Waals surface area contributed by atoms with Gasteiger partial charge in [-0.2, -0.15) is 21.6 Å². The number of halogens is 4. The molecule has 1 heterocycles. The molecule has 0 spiro atoms. The van der Waals surface area contributed by atoms with E-state index in [1.165, 1.54) is 35.9 Å². The maximum absolute atomic E-state index is 12.8. The zero-order valence-corrected chi connectivity index (χ0v) is 19.8. The van der Waals surface area contributed by atoms with Crippen molar-refractivity contribution in [2.45, 2.75) is 19.0 Å². The van der Waals surface area contributed by atoms with Gasteiger partial charge in [-0.15, -0.1) is 0 Å². The summed E-state index contributed by atoms with van der Waals surface area (Å²) in [6.07, 6.45) is 1.05. The number of pyridine rings is 1. The van der Waals surface area contributed by atoms with Gasteiger partial charge in [0.15, 0.2) is 0 Å². The van der Waals surface area contributed by atoms with Gasteiger partial charge in [-0.1, -0.05) is 28.9 Å². The summed E-state index contributed by atoms with van der Waals surface area (Å²) in [7, 11) is -5.66. The van der Waals surface area contributed by atoms with Crippen LogP contribution in [0, 0.1) is 10.1 Å². The predicted molar refractivity (Wildman–Crippen MR) is 124 cm³/mol. The van der Waals surface area contributed by atoms with Gasteiger partial charge in [0.2, 0.25) is 5.88 Å². The van der Waals surface area contributed by atoms with Crippen LogP contribution >= 0.6 is 11.6 Å². The quantitative estimate of drug-likeness (QED) is 0.209. The van der Waals surface area contributed by atoms with Crippen molar-refractivity contribution < 1.29 is 36.1 Å². The van der Waals surface area contributed by atoms with E-state index >= 15 is 0 Å². The number of rotatable bonds is 9. The van der Waals surface area contributed by atoms with Crippen LogP contribution in [0.5, 0.6) is 11.6 Å². The number of anilines is 1. The molecule has 0 saturated heterocycles. The Bertz CT molecular complexity index is 1400. The zero-order chi connectivity index (χ0) is 26.5. The molecule has 3 rings (SSSR count). The smallest absolute Gasteiger partial charge is 0.439 e. The van der Waals surface area contributed by atoms with Crippen LogP contribution in [0.2, 0.25) is 5.02 Å². The van der Waals surface area contributed by atoms with Gasteiger partial charge in [0.1, 0.15) is 18.6 Å². The molecule has 0 saturated carbocycles. The number of alkyl halides is 3. The van der Waals surface area contributed by atoms with Crippen LogP contribution in [0.15, 0.2) is 65.9 Å². The van der Waals surface area contributed by atoms with Crippen LogP contribution in [0.3, 0.4) is 0 Å². The third kappa shape index (κ3) is 6.82. The summed E-state index contributed by atoms with van der Waals surface area (Å²) in [6.45, 7) is 1.32. The molecule has 1 aromatic heterocycles. The molecule has 0 fully saturated rings. The minimum absolute atomic E-state index is 0.0170. The van der Waals surface area contributed by atoms with Crippen LogP contribution in [-0.4, -0.2) is 29.5 Å². The molecular weight excluding hydrogens is 529 g/mol. The van der Waals surface area contributed by atoms with E-state index in [1.807, 2.05) is 0 Å². The van der Waals surface area contributed by atoms with Crippen molar-refractivity contribution in [1.29, 1.82) is 0 Å². The highest BCUT2D eigenvalue weighted by atomic mass is 35.5. The number of benzene rings is 2. The molecule has 10 nitrogen and oxygen atoms in total. The van der Waals surface area contributed by atoms with Crippen molar-refractivity contribution in [2.24, 2.45) is 5.16 Å². The van der Waals surface area contributed by atoms with Crippen molar-refractivity contribution in [3.63, 3.8) is 0 Å². The number of hydrogen-bond donors (Lipinski definition) is 1. The highest BCUT2D eigenvalue weighted by Crippen LogP contribution is 2.29. The molecule has 15 heteroatoms. The summed E-state index contributed by atoms with van der Waals surface area (Å²) in [5.74, 6) is 0.485. The molecule has 0 amide bonds. The largest absolute Gasteiger partial charge is 0.516 e. The van der Waals surface area contributed by atoms with Gasteiger partial charge in [0.05, 0.1) is 16.3 Å². The van der Waals surface area contributed by atoms with Gasteiger partial charge in [-0.3, -0.25) is 14.8 Å². The van der Waals surface area contributed by atoms with Gasteiger partial charge in [-0.05, 0) is 42.8 Å². The van der Waals surface area contributed by atoms with E-state index in [0.29, 0.717) is 11.3 Å². The Morgan fingerprint density at radius 1 is 1.19 bits per heavy atom. The molecule has 36 heavy (non-hydrogen) atoms. The summed E-state index contributed by atoms with van der Waals surface area (Å²) in [6, 6.07) is 12.7. The van der Waals surface area contributed by atoms with E-state index in [1.54, 1.807) is 24.3 Å². The number of nitro groups is 1. The number of nitrogens with zero attached hydrogens (tertiary/aromatic N) is 3. The SMILES string of the molecule is CC(=NOCc1cccc(Oc2ccc([N+](=O)[O-])cn2)c1)c1cc(Cl)ccc1NS(=O)(=O)C(F)(F)F. The lowest BCUT2D eigenvalue weighted by molar-refractivity contribution is -0.385. The Morgan fingerprint density at radius 3 is 2.58 bits per heavy atom. The van der Waals surface area contributed by atoms with Crippen LogP contribution in [-0.2, 0) is 21.5 Å². The second kappa shape index (κ2) is 10.8. The first-order valence-corrected chi connectivity index (χ1v) is 11.6. The molecule has 2 aromatic carbocycles. The second-order valence-electron chi connectivity index (χ2n) is 7.05. The van der Waals surface area contributed by atoms with E-state index in [2.05, 4.69) is 10.1 Å². The van der Waals surface area contributed by atoms with Crippen LogP contribution in [0.25, 0.3) is 0 Å². The number of sulfonamides is 1. The van der Waals surface area contributed by atoms with Crippen molar-refractivity contribution in [2.75, 3.05) is 4.72 Å². The minimum atomic E-state index is -5.66. The van der Waals surface area contributed by atoms with Gasteiger partial charge in [0, 0.05) is 22.7 Å². The Labute approximate surface area is 207 Å². The standard InChI is InChI=1S/C21H16ClF3N4O6S/c1-13(18-10-15(22)5-7-19(18)28-36(32,33)21(23,24)25)27-34-12-14-3-2-4-17(9-14)35-20-8-6-16(11-26-20)29(30)31/h2-11,28H,12H2,1H3. The van der Waals surface area contributed by atoms with E-state index in [9.17, 15) is 31.7 Å². The fourth-order valence-corrected chi connectivity index (χ4v) is 3.48. The summed E-state index contributed by atoms with van der Waals surface area (Å²) in [5, 5.41) is 14.7. The predicted octanol–water partition coefficient (Wildman–Crippen LogP) is 5.64. The molecule has 190 valence electrons. The van der Waals surface area contributed by atoms with E-state index < -0.39 is 20.5 Å². The molecule has 0 atom stereocenters. The third-order valence-electron chi connectivity index (χ3n) is 4.41. The summed E-state index contributed by atoms with van der Waals surface area (Å²) in [4.78, 5) is 19.2. The minimum Gasteiger partial charge on any atom is -0.439 e. The maximum Gasteiger partial charge on any atom is 0.516 e. The fraction of sp³-hybridized carbons (Fsp3) is 0.143. The lowest BCUT2D eigenvalue weighted by Crippen LogP contribution is -2.30. The topological polar surface area (TPSA) is 133 Å². The lowest BCUT2D eigenvalue weighted by Gasteiger charge is -2.14. The molecule has 0 unspecified atom stereocenters. The molecular formula is C21H16ClF3N4O6S. The molecule has 0 aliphatic rings. The van der Waals surface area contributed by atoms with Crippen LogP contribution < -0.4 is 9.46 Å². The normalized spacial score (nSPS) is 12.2. The molecule has 0 radical (unpaired) electrons. The number of nitrogens with one attached hydrogen (secondary N) is 1. The molecule has 3 aromatic rings. The first-order chi connectivity index (χ1) is 16.9. The third-order valence-corrected chi connectivity index (χ3v) is 5.74. The van der Waals surface area contributed by atoms with Crippen LogP contribution in [0.1, 0.15) is 18.1 Å². The van der Waals surface area contributed by atoms with Gasteiger partial charge in [0.25, 0.3) is 5.69 Å². The molecule has 0 aliphatic carbocycles. The van der Waals surface area contributed by atoms with Gasteiger partial charge >= 0.3 is 15.5 Å². The van der Waals surface area contributed by atoms with Gasteiger partial charge in [-0.25, -0.2) is 4.98 Å². The summed E-state index contributed by atoms with van der Waals surface area (Å²) in [5.41, 5.74) is -5.45. The Kier molecular flexibility index (Phi) is 8.00. The Hall–Kier alpha value is -3.91. The Balaban J connectivity index is 1.71. The van der Waals surface area contributed by atoms with Gasteiger partial charge < -0.3 is 9.57 Å². The van der Waals surface area contributed by atoms with Crippen LogP contribution in [0.4, 0.5) is 24.5 Å². The molecule has 0 bridgehead atoms. The van der Waals surface area contributed by atoms with Crippen molar-refractivity contribution in [3.8, 4) is 11.6 Å². The maximum atomic E-state index is 12.8. The highest BCUT2D eigenvalue weighted by Gasteiger charge is 2.46. The molecule has 0 aliphatic heterocycles.